The Kier molecular flexibility index (Phi) is 2.92. The fourth-order valence-corrected chi connectivity index (χ4v) is 1.94. The number of pyridine rings is 1. The normalized spacial score (nSPS) is 17.0. The van der Waals surface area contributed by atoms with E-state index in [0.717, 1.165) is 12.2 Å². The summed E-state index contributed by atoms with van der Waals surface area (Å²) in [4.78, 5) is 4.70. The highest BCUT2D eigenvalue weighted by molar-refractivity contribution is 5.41. The highest BCUT2D eigenvalue weighted by Crippen LogP contribution is 2.25. The lowest BCUT2D eigenvalue weighted by Crippen LogP contribution is -2.31. The van der Waals surface area contributed by atoms with Crippen molar-refractivity contribution in [2.45, 2.75) is 53.0 Å². The van der Waals surface area contributed by atoms with E-state index in [4.69, 9.17) is 4.98 Å². The van der Waals surface area contributed by atoms with E-state index in [2.05, 4.69) is 45.1 Å². The molecular weight excluding hydrogens is 196 g/mol. The van der Waals surface area contributed by atoms with Crippen molar-refractivity contribution in [3.63, 3.8) is 0 Å². The molecule has 1 aromatic rings. The second-order valence-electron chi connectivity index (χ2n) is 5.89. The van der Waals surface area contributed by atoms with Gasteiger partial charge in [0, 0.05) is 11.7 Å². The van der Waals surface area contributed by atoms with Crippen LogP contribution in [0.4, 0.5) is 5.82 Å². The van der Waals surface area contributed by atoms with Crippen molar-refractivity contribution >= 4 is 5.82 Å². The van der Waals surface area contributed by atoms with Crippen molar-refractivity contribution in [3.8, 4) is 0 Å². The molecule has 0 saturated carbocycles. The predicted octanol–water partition coefficient (Wildman–Crippen LogP) is 3.42. The van der Waals surface area contributed by atoms with Gasteiger partial charge in [-0.2, -0.15) is 0 Å². The van der Waals surface area contributed by atoms with E-state index in [1.807, 2.05) is 0 Å². The Labute approximate surface area is 98.5 Å². The number of rotatable bonds is 2. The smallest absolute Gasteiger partial charge is 0.126 e. The molecule has 16 heavy (non-hydrogen) atoms. The Morgan fingerprint density at radius 3 is 2.69 bits per heavy atom. The summed E-state index contributed by atoms with van der Waals surface area (Å²) in [6.45, 7) is 8.96. The summed E-state index contributed by atoms with van der Waals surface area (Å²) in [5.74, 6) is 1.03. The highest BCUT2D eigenvalue weighted by Gasteiger charge is 2.20. The number of nitrogens with one attached hydrogen (secondary N) is 1. The van der Waals surface area contributed by atoms with E-state index in [1.54, 1.807) is 0 Å². The number of anilines is 1. The summed E-state index contributed by atoms with van der Waals surface area (Å²) < 4.78 is 0. The molecule has 0 spiro atoms. The maximum absolute atomic E-state index is 4.70. The van der Waals surface area contributed by atoms with Crippen LogP contribution in [0.3, 0.4) is 0 Å². The minimum Gasteiger partial charge on any atom is -0.367 e. The molecule has 0 saturated heterocycles. The Bertz CT molecular complexity index is 377. The molecule has 0 aromatic carbocycles. The summed E-state index contributed by atoms with van der Waals surface area (Å²) in [6, 6.07) is 4.78. The summed E-state index contributed by atoms with van der Waals surface area (Å²) in [6.07, 6.45) is 3.62. The first kappa shape index (κ1) is 11.4. The van der Waals surface area contributed by atoms with Crippen LogP contribution >= 0.6 is 0 Å². The van der Waals surface area contributed by atoms with Crippen molar-refractivity contribution in [2.75, 3.05) is 5.32 Å². The molecular formula is C14H22N2. The van der Waals surface area contributed by atoms with Crippen molar-refractivity contribution in [1.29, 1.82) is 0 Å². The van der Waals surface area contributed by atoms with Crippen molar-refractivity contribution in [3.05, 3.63) is 23.4 Å². The second kappa shape index (κ2) is 4.08. The number of fused-ring (bicyclic) bond motifs is 1. The second-order valence-corrected chi connectivity index (χ2v) is 5.89. The molecule has 0 amide bonds. The first-order chi connectivity index (χ1) is 7.47. The van der Waals surface area contributed by atoms with E-state index >= 15 is 0 Å². The lowest BCUT2D eigenvalue weighted by Gasteiger charge is -2.28. The minimum atomic E-state index is 0.265. The monoisotopic (exact) mass is 218 g/mol. The zero-order chi connectivity index (χ0) is 11.8. The molecule has 1 atom stereocenters. The lowest BCUT2D eigenvalue weighted by atomic mass is 9.88. The van der Waals surface area contributed by atoms with Gasteiger partial charge >= 0.3 is 0 Å². The molecule has 1 unspecified atom stereocenters. The molecule has 2 rings (SSSR count). The molecule has 1 N–H and O–H groups in total. The standard InChI is InChI=1S/C14H22N2/c1-10(14(2,3)4)15-13-9-8-11-6-5-7-12(11)16-13/h8-10H,5-7H2,1-4H3,(H,15,16). The van der Waals surface area contributed by atoms with Gasteiger partial charge in [-0.1, -0.05) is 26.8 Å². The van der Waals surface area contributed by atoms with Gasteiger partial charge in [-0.25, -0.2) is 4.98 Å². The van der Waals surface area contributed by atoms with Crippen LogP contribution in [0.15, 0.2) is 12.1 Å². The molecule has 0 aliphatic heterocycles. The van der Waals surface area contributed by atoms with Gasteiger partial charge in [0.2, 0.25) is 0 Å². The minimum absolute atomic E-state index is 0.265. The largest absolute Gasteiger partial charge is 0.367 e. The van der Waals surface area contributed by atoms with Gasteiger partial charge in [0.25, 0.3) is 0 Å². The van der Waals surface area contributed by atoms with Gasteiger partial charge in [-0.3, -0.25) is 0 Å². The fourth-order valence-electron chi connectivity index (χ4n) is 1.94. The van der Waals surface area contributed by atoms with Gasteiger partial charge < -0.3 is 5.32 Å². The van der Waals surface area contributed by atoms with Gasteiger partial charge in [0.1, 0.15) is 5.82 Å². The van der Waals surface area contributed by atoms with Crippen molar-refractivity contribution in [1.82, 2.24) is 4.98 Å². The number of aromatic nitrogens is 1. The van der Waals surface area contributed by atoms with E-state index < -0.39 is 0 Å². The number of nitrogens with zero attached hydrogens (tertiary/aromatic N) is 1. The number of hydrogen-bond donors (Lipinski definition) is 1. The van der Waals surface area contributed by atoms with Crippen LogP contribution in [0.1, 0.15) is 45.4 Å². The average molecular weight is 218 g/mol. The maximum atomic E-state index is 4.70. The number of hydrogen-bond acceptors (Lipinski definition) is 2. The Hall–Kier alpha value is -1.05. The molecule has 0 radical (unpaired) electrons. The topological polar surface area (TPSA) is 24.9 Å². The molecule has 1 aliphatic rings. The predicted molar refractivity (Wildman–Crippen MR) is 68.8 cm³/mol. The third kappa shape index (κ3) is 2.37. The van der Waals surface area contributed by atoms with Crippen molar-refractivity contribution in [2.24, 2.45) is 5.41 Å². The average Bonchev–Trinajstić information content (AvgIpc) is 2.63. The fraction of sp³-hybridized carbons (Fsp3) is 0.643. The quantitative estimate of drug-likeness (QED) is 0.822. The van der Waals surface area contributed by atoms with E-state index in [-0.39, 0.29) is 5.41 Å². The first-order valence-corrected chi connectivity index (χ1v) is 6.22. The first-order valence-electron chi connectivity index (χ1n) is 6.22. The van der Waals surface area contributed by atoms with Gasteiger partial charge in [-0.05, 0) is 43.2 Å². The Morgan fingerprint density at radius 2 is 2.00 bits per heavy atom. The lowest BCUT2D eigenvalue weighted by molar-refractivity contribution is 0.358. The van der Waals surface area contributed by atoms with E-state index in [1.165, 1.54) is 24.1 Å². The van der Waals surface area contributed by atoms with Gasteiger partial charge in [0.05, 0.1) is 0 Å². The Morgan fingerprint density at radius 1 is 1.25 bits per heavy atom. The molecule has 0 bridgehead atoms. The van der Waals surface area contributed by atoms with Crippen molar-refractivity contribution < 1.29 is 0 Å². The van der Waals surface area contributed by atoms with E-state index in [9.17, 15) is 0 Å². The molecule has 2 nitrogen and oxygen atoms in total. The molecule has 1 aromatic heterocycles. The van der Waals surface area contributed by atoms with Crippen LogP contribution in [0.5, 0.6) is 0 Å². The number of aryl methyl sites for hydroxylation is 2. The summed E-state index contributed by atoms with van der Waals surface area (Å²) in [7, 11) is 0. The maximum Gasteiger partial charge on any atom is 0.126 e. The zero-order valence-electron chi connectivity index (χ0n) is 10.8. The third-order valence-electron chi connectivity index (χ3n) is 3.59. The van der Waals surface area contributed by atoms with Crippen LogP contribution in [0.25, 0.3) is 0 Å². The Balaban J connectivity index is 2.11. The summed E-state index contributed by atoms with van der Waals surface area (Å²) in [5, 5.41) is 3.50. The molecule has 88 valence electrons. The summed E-state index contributed by atoms with van der Waals surface area (Å²) >= 11 is 0. The highest BCUT2D eigenvalue weighted by atomic mass is 15.0. The molecule has 0 fully saturated rings. The van der Waals surface area contributed by atoms with Crippen LogP contribution < -0.4 is 5.32 Å². The van der Waals surface area contributed by atoms with Crippen LogP contribution in [0, 0.1) is 5.41 Å². The van der Waals surface area contributed by atoms with Crippen LogP contribution in [-0.2, 0) is 12.8 Å². The van der Waals surface area contributed by atoms with Crippen LogP contribution in [-0.4, -0.2) is 11.0 Å². The van der Waals surface area contributed by atoms with Crippen LogP contribution in [0.2, 0.25) is 0 Å². The molecule has 2 heteroatoms. The third-order valence-corrected chi connectivity index (χ3v) is 3.59. The molecule has 1 aliphatic carbocycles. The van der Waals surface area contributed by atoms with E-state index in [0.29, 0.717) is 6.04 Å². The zero-order valence-corrected chi connectivity index (χ0v) is 10.8. The molecule has 1 heterocycles. The SMILES string of the molecule is CC(Nc1ccc2c(n1)CCC2)C(C)(C)C. The van der Waals surface area contributed by atoms with Gasteiger partial charge in [0.15, 0.2) is 0 Å². The van der Waals surface area contributed by atoms with Gasteiger partial charge in [-0.15, -0.1) is 0 Å². The summed E-state index contributed by atoms with van der Waals surface area (Å²) in [5.41, 5.74) is 3.00.